The molecule has 0 unspecified atom stereocenters. The molecule has 4 rings (SSSR count). The molecule has 0 saturated carbocycles. The van der Waals surface area contributed by atoms with Crippen LogP contribution in [0.3, 0.4) is 0 Å². The van der Waals surface area contributed by atoms with Crippen LogP contribution in [0.5, 0.6) is 11.5 Å². The van der Waals surface area contributed by atoms with Crippen LogP contribution in [0, 0.1) is 6.92 Å². The van der Waals surface area contributed by atoms with Gasteiger partial charge in [-0.15, -0.1) is 11.3 Å². The fraction of sp³-hybridized carbons (Fsp3) is 0.333. The number of para-hydroxylation sites is 1. The van der Waals surface area contributed by atoms with Crippen molar-refractivity contribution < 1.29 is 14.6 Å². The molecule has 2 aromatic carbocycles. The lowest BCUT2D eigenvalue weighted by molar-refractivity contribution is 0.00748. The number of nitrogens with zero attached hydrogens (tertiary/aromatic N) is 1. The Kier molecular flexibility index (Phi) is 5.90. The van der Waals surface area contributed by atoms with E-state index < -0.39 is 5.60 Å². The second-order valence-electron chi connectivity index (χ2n) is 7.78. The van der Waals surface area contributed by atoms with Crippen LogP contribution in [0.15, 0.2) is 60.0 Å². The average molecular weight is 410 g/mol. The summed E-state index contributed by atoms with van der Waals surface area (Å²) in [6.45, 7) is 7.42. The molecule has 1 aliphatic rings. The summed E-state index contributed by atoms with van der Waals surface area (Å²) in [5, 5.41) is 13.2. The molecule has 1 aromatic heterocycles. The molecule has 29 heavy (non-hydrogen) atoms. The minimum absolute atomic E-state index is 0.189. The maximum atomic E-state index is 11.1. The molecule has 0 saturated heterocycles. The van der Waals surface area contributed by atoms with Crippen LogP contribution in [-0.4, -0.2) is 29.8 Å². The SMILES string of the molecule is Cc1ccsc1CN1CCOc2ccc([C@@](C)(O)COc3ccccc3)cc2C1. The van der Waals surface area contributed by atoms with Gasteiger partial charge < -0.3 is 14.6 Å². The quantitative estimate of drug-likeness (QED) is 0.639. The number of thiophene rings is 1. The summed E-state index contributed by atoms with van der Waals surface area (Å²) in [4.78, 5) is 3.80. The van der Waals surface area contributed by atoms with Gasteiger partial charge in [0.2, 0.25) is 0 Å². The monoisotopic (exact) mass is 409 g/mol. The van der Waals surface area contributed by atoms with Gasteiger partial charge in [0.25, 0.3) is 0 Å². The molecule has 0 amide bonds. The van der Waals surface area contributed by atoms with Gasteiger partial charge in [-0.2, -0.15) is 0 Å². The van der Waals surface area contributed by atoms with E-state index >= 15 is 0 Å². The molecule has 1 aliphatic heterocycles. The Balaban J connectivity index is 1.50. The zero-order valence-corrected chi connectivity index (χ0v) is 17.7. The number of benzene rings is 2. The van der Waals surface area contributed by atoms with E-state index in [4.69, 9.17) is 9.47 Å². The molecular formula is C24H27NO3S. The predicted molar refractivity (Wildman–Crippen MR) is 117 cm³/mol. The van der Waals surface area contributed by atoms with Gasteiger partial charge in [0.1, 0.15) is 30.3 Å². The lowest BCUT2D eigenvalue weighted by Gasteiger charge is -2.25. The fourth-order valence-electron chi connectivity index (χ4n) is 3.51. The highest BCUT2D eigenvalue weighted by atomic mass is 32.1. The van der Waals surface area contributed by atoms with E-state index in [1.807, 2.05) is 42.5 Å². The van der Waals surface area contributed by atoms with Gasteiger partial charge in [0, 0.05) is 30.1 Å². The van der Waals surface area contributed by atoms with Crippen LogP contribution in [0.2, 0.25) is 0 Å². The Bertz CT molecular complexity index is 952. The molecule has 1 atom stereocenters. The number of hydrogen-bond donors (Lipinski definition) is 1. The van der Waals surface area contributed by atoms with E-state index in [1.165, 1.54) is 10.4 Å². The van der Waals surface area contributed by atoms with Crippen molar-refractivity contribution in [1.29, 1.82) is 0 Å². The first kappa shape index (κ1) is 20.0. The summed E-state index contributed by atoms with van der Waals surface area (Å²) >= 11 is 1.80. The van der Waals surface area contributed by atoms with E-state index in [0.29, 0.717) is 6.61 Å². The highest BCUT2D eigenvalue weighted by Gasteiger charge is 2.26. The highest BCUT2D eigenvalue weighted by molar-refractivity contribution is 7.10. The van der Waals surface area contributed by atoms with Crippen LogP contribution in [0.4, 0.5) is 0 Å². The third-order valence-electron chi connectivity index (χ3n) is 5.34. The molecule has 5 heteroatoms. The van der Waals surface area contributed by atoms with E-state index in [0.717, 1.165) is 42.3 Å². The molecule has 0 bridgehead atoms. The van der Waals surface area contributed by atoms with Crippen molar-refractivity contribution in [1.82, 2.24) is 4.90 Å². The van der Waals surface area contributed by atoms with Crippen molar-refractivity contribution in [3.05, 3.63) is 81.5 Å². The minimum Gasteiger partial charge on any atom is -0.492 e. The van der Waals surface area contributed by atoms with Crippen molar-refractivity contribution in [2.24, 2.45) is 0 Å². The Morgan fingerprint density at radius 2 is 2.00 bits per heavy atom. The maximum Gasteiger partial charge on any atom is 0.123 e. The van der Waals surface area contributed by atoms with Crippen LogP contribution in [0.25, 0.3) is 0 Å². The summed E-state index contributed by atoms with van der Waals surface area (Å²) in [6.07, 6.45) is 0. The fourth-order valence-corrected chi connectivity index (χ4v) is 4.46. The Hall–Kier alpha value is -2.34. The van der Waals surface area contributed by atoms with Crippen molar-refractivity contribution >= 4 is 11.3 Å². The van der Waals surface area contributed by atoms with Gasteiger partial charge in [-0.25, -0.2) is 0 Å². The van der Waals surface area contributed by atoms with E-state index in [2.05, 4.69) is 29.3 Å². The van der Waals surface area contributed by atoms with Gasteiger partial charge in [0.15, 0.2) is 0 Å². The lowest BCUT2D eigenvalue weighted by Crippen LogP contribution is -2.30. The predicted octanol–water partition coefficient (Wildman–Crippen LogP) is 4.74. The third-order valence-corrected chi connectivity index (χ3v) is 6.35. The van der Waals surface area contributed by atoms with E-state index in [1.54, 1.807) is 18.3 Å². The third kappa shape index (κ3) is 4.81. The molecule has 4 nitrogen and oxygen atoms in total. The molecule has 3 aromatic rings. The van der Waals surface area contributed by atoms with E-state index in [-0.39, 0.29) is 6.61 Å². The molecule has 0 radical (unpaired) electrons. The number of hydrogen-bond acceptors (Lipinski definition) is 5. The van der Waals surface area contributed by atoms with Gasteiger partial charge in [-0.1, -0.05) is 24.3 Å². The first-order valence-electron chi connectivity index (χ1n) is 9.93. The zero-order chi connectivity index (χ0) is 20.3. The summed E-state index contributed by atoms with van der Waals surface area (Å²) < 4.78 is 11.8. The Morgan fingerprint density at radius 1 is 1.17 bits per heavy atom. The smallest absolute Gasteiger partial charge is 0.123 e. The summed E-state index contributed by atoms with van der Waals surface area (Å²) in [6, 6.07) is 17.7. The maximum absolute atomic E-state index is 11.1. The lowest BCUT2D eigenvalue weighted by atomic mass is 9.94. The number of aliphatic hydroxyl groups is 1. The normalized spacial score (nSPS) is 16.4. The standard InChI is InChI=1S/C24H27NO3S/c1-18-10-13-29-23(18)16-25-11-12-27-22-9-8-20(14-19(22)15-25)24(2,26)17-28-21-6-4-3-5-7-21/h3-10,13-14,26H,11-12,15-17H2,1-2H3/t24-/m0/s1. The molecule has 152 valence electrons. The Morgan fingerprint density at radius 3 is 2.76 bits per heavy atom. The second kappa shape index (κ2) is 8.57. The molecule has 0 spiro atoms. The summed E-state index contributed by atoms with van der Waals surface area (Å²) in [5.74, 6) is 1.65. The largest absolute Gasteiger partial charge is 0.492 e. The van der Waals surface area contributed by atoms with Crippen LogP contribution < -0.4 is 9.47 Å². The molecule has 0 aliphatic carbocycles. The number of ether oxygens (including phenoxy) is 2. The van der Waals surface area contributed by atoms with Crippen molar-refractivity contribution in [2.75, 3.05) is 19.8 Å². The summed E-state index contributed by atoms with van der Waals surface area (Å²) in [7, 11) is 0. The zero-order valence-electron chi connectivity index (χ0n) is 16.9. The number of fused-ring (bicyclic) bond motifs is 1. The van der Waals surface area contributed by atoms with Crippen molar-refractivity contribution in [2.45, 2.75) is 32.5 Å². The molecule has 1 N–H and O–H groups in total. The first-order chi connectivity index (χ1) is 14.0. The topological polar surface area (TPSA) is 41.9 Å². The highest BCUT2D eigenvalue weighted by Crippen LogP contribution is 2.31. The van der Waals surface area contributed by atoms with E-state index in [9.17, 15) is 5.11 Å². The van der Waals surface area contributed by atoms with Crippen LogP contribution in [0.1, 0.15) is 28.5 Å². The number of rotatable bonds is 6. The second-order valence-corrected chi connectivity index (χ2v) is 8.78. The average Bonchev–Trinajstić information content (AvgIpc) is 3.01. The van der Waals surface area contributed by atoms with Gasteiger partial charge in [-0.3, -0.25) is 4.90 Å². The molecular weight excluding hydrogens is 382 g/mol. The molecule has 2 heterocycles. The van der Waals surface area contributed by atoms with Crippen LogP contribution >= 0.6 is 11.3 Å². The number of aryl methyl sites for hydroxylation is 1. The first-order valence-corrected chi connectivity index (χ1v) is 10.8. The molecule has 0 fully saturated rings. The summed E-state index contributed by atoms with van der Waals surface area (Å²) in [5.41, 5.74) is 2.20. The van der Waals surface area contributed by atoms with Crippen LogP contribution in [-0.2, 0) is 18.7 Å². The van der Waals surface area contributed by atoms with Gasteiger partial charge >= 0.3 is 0 Å². The Labute approximate surface area is 176 Å². The van der Waals surface area contributed by atoms with Crippen molar-refractivity contribution in [3.8, 4) is 11.5 Å². The minimum atomic E-state index is -1.09. The van der Waals surface area contributed by atoms with Crippen molar-refractivity contribution in [3.63, 3.8) is 0 Å². The van der Waals surface area contributed by atoms with Gasteiger partial charge in [0.05, 0.1) is 0 Å². The van der Waals surface area contributed by atoms with Gasteiger partial charge in [-0.05, 0) is 60.7 Å².